The fraction of sp³-hybridized carbons (Fsp3) is 0.889. The zero-order valence-corrected chi connectivity index (χ0v) is 14.1. The Morgan fingerprint density at radius 1 is 0.944 bits per heavy atom. The molecule has 0 heterocycles. The minimum Gasteiger partial charge on any atom is -0.0736 e. The third kappa shape index (κ3) is 5.16. The fourth-order valence-corrected chi connectivity index (χ4v) is 2.92. The maximum atomic E-state index is 2.45. The Labute approximate surface area is 116 Å². The van der Waals surface area contributed by atoms with Gasteiger partial charge in [0.1, 0.15) is 0 Å². The summed E-state index contributed by atoms with van der Waals surface area (Å²) in [5.74, 6) is 3.04. The Kier molecular flexibility index (Phi) is 8.65. The van der Waals surface area contributed by atoms with Gasteiger partial charge < -0.3 is 0 Å². The predicted octanol–water partition coefficient (Wildman–Crippen LogP) is 6.47. The molecule has 3 atom stereocenters. The van der Waals surface area contributed by atoms with Crippen molar-refractivity contribution < 1.29 is 0 Å². The van der Waals surface area contributed by atoms with Gasteiger partial charge in [-0.3, -0.25) is 0 Å². The van der Waals surface area contributed by atoms with E-state index in [1.54, 1.807) is 11.1 Å². The van der Waals surface area contributed by atoms with Gasteiger partial charge in [0.15, 0.2) is 0 Å². The van der Waals surface area contributed by atoms with Crippen LogP contribution in [-0.4, -0.2) is 0 Å². The van der Waals surface area contributed by atoms with Crippen molar-refractivity contribution in [2.24, 2.45) is 23.7 Å². The van der Waals surface area contributed by atoms with E-state index in [2.05, 4.69) is 55.4 Å². The maximum absolute atomic E-state index is 2.45. The van der Waals surface area contributed by atoms with Crippen LogP contribution in [0.25, 0.3) is 0 Å². The molecule has 0 fully saturated rings. The Morgan fingerprint density at radius 3 is 1.89 bits per heavy atom. The van der Waals surface area contributed by atoms with Crippen LogP contribution in [0.3, 0.4) is 0 Å². The summed E-state index contributed by atoms with van der Waals surface area (Å²) >= 11 is 0. The molecule has 0 aliphatic rings. The molecule has 0 aromatic carbocycles. The molecule has 0 rings (SSSR count). The van der Waals surface area contributed by atoms with E-state index in [1.165, 1.54) is 25.7 Å². The lowest BCUT2D eigenvalue weighted by molar-refractivity contribution is 0.309. The zero-order valence-electron chi connectivity index (χ0n) is 14.1. The van der Waals surface area contributed by atoms with Crippen molar-refractivity contribution in [1.82, 2.24) is 0 Å². The van der Waals surface area contributed by atoms with Crippen LogP contribution in [-0.2, 0) is 0 Å². The lowest BCUT2D eigenvalue weighted by Gasteiger charge is -2.31. The highest BCUT2D eigenvalue weighted by Gasteiger charge is 2.23. The summed E-state index contributed by atoms with van der Waals surface area (Å²) in [6, 6.07) is 0. The summed E-state index contributed by atoms with van der Waals surface area (Å²) in [5, 5.41) is 0. The Bertz CT molecular complexity index is 247. The van der Waals surface area contributed by atoms with E-state index in [0.29, 0.717) is 0 Å². The van der Waals surface area contributed by atoms with Gasteiger partial charge in [-0.15, -0.1) is 0 Å². The molecule has 0 bridgehead atoms. The van der Waals surface area contributed by atoms with Crippen LogP contribution < -0.4 is 0 Å². The summed E-state index contributed by atoms with van der Waals surface area (Å²) in [4.78, 5) is 0. The average molecular weight is 252 g/mol. The van der Waals surface area contributed by atoms with E-state index in [4.69, 9.17) is 0 Å². The molecule has 0 saturated heterocycles. The van der Waals surface area contributed by atoms with Gasteiger partial charge in [0.05, 0.1) is 0 Å². The smallest absolute Gasteiger partial charge is 0.0198 e. The highest BCUT2D eigenvalue weighted by Crippen LogP contribution is 2.35. The van der Waals surface area contributed by atoms with Crippen LogP contribution in [0, 0.1) is 23.7 Å². The summed E-state index contributed by atoms with van der Waals surface area (Å²) in [6.45, 7) is 19.0. The summed E-state index contributed by atoms with van der Waals surface area (Å²) < 4.78 is 0. The molecule has 0 aromatic rings. The molecule has 0 heteroatoms. The third-order valence-electron chi connectivity index (χ3n) is 4.87. The standard InChI is InChI=1S/C18H36/c1-9-11-12-15(6)18(14(5)10-2)17(8)16(7)13(3)4/h13-14,16-17H,9-12H2,1-8H3. The van der Waals surface area contributed by atoms with Crippen molar-refractivity contribution in [3.05, 3.63) is 11.1 Å². The van der Waals surface area contributed by atoms with Gasteiger partial charge in [0.25, 0.3) is 0 Å². The van der Waals surface area contributed by atoms with Crippen molar-refractivity contribution in [1.29, 1.82) is 0 Å². The molecule has 0 nitrogen and oxygen atoms in total. The van der Waals surface area contributed by atoms with Gasteiger partial charge in [-0.25, -0.2) is 0 Å². The summed E-state index contributed by atoms with van der Waals surface area (Å²) in [6.07, 6.45) is 5.22. The first-order chi connectivity index (χ1) is 8.36. The van der Waals surface area contributed by atoms with Crippen molar-refractivity contribution in [3.8, 4) is 0 Å². The Balaban J connectivity index is 5.09. The van der Waals surface area contributed by atoms with Crippen LogP contribution in [0.5, 0.6) is 0 Å². The molecular weight excluding hydrogens is 216 g/mol. The van der Waals surface area contributed by atoms with Gasteiger partial charge >= 0.3 is 0 Å². The van der Waals surface area contributed by atoms with Gasteiger partial charge in [0, 0.05) is 0 Å². The molecule has 0 saturated carbocycles. The molecule has 0 amide bonds. The average Bonchev–Trinajstić information content (AvgIpc) is 2.34. The molecule has 0 spiro atoms. The van der Waals surface area contributed by atoms with Crippen LogP contribution in [0.1, 0.15) is 81.1 Å². The van der Waals surface area contributed by atoms with E-state index in [1.807, 2.05) is 0 Å². The first-order valence-electron chi connectivity index (χ1n) is 8.06. The van der Waals surface area contributed by atoms with Crippen molar-refractivity contribution in [2.75, 3.05) is 0 Å². The van der Waals surface area contributed by atoms with Gasteiger partial charge in [-0.05, 0) is 49.9 Å². The minimum absolute atomic E-state index is 0.733. The van der Waals surface area contributed by atoms with Gasteiger partial charge in [-0.2, -0.15) is 0 Å². The highest BCUT2D eigenvalue weighted by atomic mass is 14.3. The number of hydrogen-bond acceptors (Lipinski definition) is 0. The predicted molar refractivity (Wildman–Crippen MR) is 84.8 cm³/mol. The highest BCUT2D eigenvalue weighted by molar-refractivity contribution is 5.18. The summed E-state index contributed by atoms with van der Waals surface area (Å²) in [7, 11) is 0. The number of hydrogen-bond donors (Lipinski definition) is 0. The van der Waals surface area contributed by atoms with Crippen LogP contribution in [0.4, 0.5) is 0 Å². The van der Waals surface area contributed by atoms with Crippen molar-refractivity contribution in [3.63, 3.8) is 0 Å². The Morgan fingerprint density at radius 2 is 1.50 bits per heavy atom. The fourth-order valence-electron chi connectivity index (χ4n) is 2.92. The normalized spacial score (nSPS) is 18.5. The van der Waals surface area contributed by atoms with Gasteiger partial charge in [0.2, 0.25) is 0 Å². The largest absolute Gasteiger partial charge is 0.0736 e. The Hall–Kier alpha value is -0.260. The van der Waals surface area contributed by atoms with Crippen molar-refractivity contribution >= 4 is 0 Å². The van der Waals surface area contributed by atoms with E-state index < -0.39 is 0 Å². The summed E-state index contributed by atoms with van der Waals surface area (Å²) in [5.41, 5.74) is 3.43. The van der Waals surface area contributed by atoms with E-state index in [0.717, 1.165) is 23.7 Å². The van der Waals surface area contributed by atoms with Gasteiger partial charge in [-0.1, -0.05) is 66.0 Å². The lowest BCUT2D eigenvalue weighted by atomic mass is 9.74. The molecule has 0 radical (unpaired) electrons. The zero-order chi connectivity index (χ0) is 14.3. The van der Waals surface area contributed by atoms with E-state index in [9.17, 15) is 0 Å². The number of rotatable bonds is 8. The molecule has 18 heavy (non-hydrogen) atoms. The van der Waals surface area contributed by atoms with E-state index >= 15 is 0 Å². The SMILES string of the molecule is CCCCC(C)=C(C(C)CC)C(C)C(C)C(C)C. The second kappa shape index (κ2) is 8.77. The molecular formula is C18H36. The molecule has 0 aromatic heterocycles. The first kappa shape index (κ1) is 17.7. The monoisotopic (exact) mass is 252 g/mol. The first-order valence-corrected chi connectivity index (χ1v) is 8.06. The molecule has 0 aliphatic heterocycles. The van der Waals surface area contributed by atoms with Crippen LogP contribution in [0.15, 0.2) is 11.1 Å². The topological polar surface area (TPSA) is 0 Å². The van der Waals surface area contributed by atoms with Crippen LogP contribution in [0.2, 0.25) is 0 Å². The quantitative estimate of drug-likeness (QED) is 0.434. The molecule has 3 unspecified atom stereocenters. The number of allylic oxidation sites excluding steroid dienone is 2. The second-order valence-electron chi connectivity index (χ2n) is 6.54. The minimum atomic E-state index is 0.733. The van der Waals surface area contributed by atoms with Crippen LogP contribution >= 0.6 is 0 Å². The molecule has 108 valence electrons. The molecule has 0 N–H and O–H groups in total. The number of unbranched alkanes of at least 4 members (excludes halogenated alkanes) is 1. The molecule has 0 aliphatic carbocycles. The third-order valence-corrected chi connectivity index (χ3v) is 4.87. The van der Waals surface area contributed by atoms with Crippen molar-refractivity contribution in [2.45, 2.75) is 81.1 Å². The maximum Gasteiger partial charge on any atom is -0.0198 e. The second-order valence-corrected chi connectivity index (χ2v) is 6.54. The lowest BCUT2D eigenvalue weighted by Crippen LogP contribution is -2.21. The van der Waals surface area contributed by atoms with E-state index in [-0.39, 0.29) is 0 Å².